The van der Waals surface area contributed by atoms with Crippen LogP contribution in [0.1, 0.15) is 37.8 Å². The molecular weight excluding hydrogens is 637 g/mol. The lowest BCUT2D eigenvalue weighted by molar-refractivity contribution is -0.683. The Morgan fingerprint density at radius 3 is 2.74 bits per heavy atom. The topological polar surface area (TPSA) is 214 Å². The fourth-order valence-corrected chi connectivity index (χ4v) is 7.69. The largest absolute Gasteiger partial charge is 0.477 e. The van der Waals surface area contributed by atoms with Crippen LogP contribution in [-0.2, 0) is 35.4 Å². The van der Waals surface area contributed by atoms with Gasteiger partial charge < -0.3 is 31.6 Å². The summed E-state index contributed by atoms with van der Waals surface area (Å²) in [6, 6.07) is 2.42. The van der Waals surface area contributed by atoms with E-state index in [9.17, 15) is 29.1 Å². The number of carboxylic acids is 1. The molecule has 17 heteroatoms. The molecule has 3 aliphatic heterocycles. The molecule has 6 rings (SSSR count). The third-order valence-electron chi connectivity index (χ3n) is 8.03. The van der Waals surface area contributed by atoms with Gasteiger partial charge in [-0.1, -0.05) is 5.16 Å². The molecule has 46 heavy (non-hydrogen) atoms. The Kier molecular flexibility index (Phi) is 8.77. The van der Waals surface area contributed by atoms with Crippen LogP contribution in [0.2, 0.25) is 0 Å². The Bertz CT molecular complexity index is 1710. The highest BCUT2D eigenvalue weighted by Crippen LogP contribution is 2.41. The fraction of sp³-hybridized carbons (Fsp3) is 0.379. The Morgan fingerprint density at radius 1 is 1.26 bits per heavy atom. The summed E-state index contributed by atoms with van der Waals surface area (Å²) in [7, 11) is 0. The molecule has 2 aromatic heterocycles. The maximum absolute atomic E-state index is 13.4. The van der Waals surface area contributed by atoms with Crippen LogP contribution in [0.3, 0.4) is 0 Å². The number of thiazole rings is 1. The number of nitrogens with zero attached hydrogens (tertiary/aromatic N) is 5. The average molecular weight is 668 g/mol. The zero-order valence-electron chi connectivity index (χ0n) is 24.5. The number of aromatic nitrogens is 2. The first-order valence-electron chi connectivity index (χ1n) is 14.6. The lowest BCUT2D eigenvalue weighted by Crippen LogP contribution is -2.71. The highest BCUT2D eigenvalue weighted by atomic mass is 32.2. The van der Waals surface area contributed by atoms with Crippen LogP contribution in [0, 0.1) is 0 Å². The number of pyridine rings is 1. The van der Waals surface area contributed by atoms with Gasteiger partial charge in [-0.05, 0) is 49.8 Å². The summed E-state index contributed by atoms with van der Waals surface area (Å²) in [5, 5.41) is 18.0. The summed E-state index contributed by atoms with van der Waals surface area (Å²) in [5.41, 5.74) is 12.2. The number of carbonyl (C=O) groups is 5. The SMILES string of the molecule is NC(=O)C[n+]1cccc(N2CCC(=CC3=C(C(=O)O)N4C(=O)[C@@H](NC(=O)/C(=N\OC5CCCC5)c5csc(N)n5)[C@H]4SC3)C2=O)c1. The van der Waals surface area contributed by atoms with Crippen molar-refractivity contribution in [1.29, 1.82) is 0 Å². The van der Waals surface area contributed by atoms with Crippen molar-refractivity contribution in [2.75, 3.05) is 22.9 Å². The van der Waals surface area contributed by atoms with Gasteiger partial charge in [0.1, 0.15) is 34.6 Å². The van der Waals surface area contributed by atoms with Crippen molar-refractivity contribution in [3.8, 4) is 0 Å². The molecule has 4 amide bonds. The first-order chi connectivity index (χ1) is 22.1. The molecule has 0 spiro atoms. The van der Waals surface area contributed by atoms with Gasteiger partial charge in [0.05, 0.1) is 0 Å². The fourth-order valence-electron chi connectivity index (χ4n) is 5.84. The van der Waals surface area contributed by atoms with Crippen LogP contribution >= 0.6 is 23.1 Å². The van der Waals surface area contributed by atoms with Gasteiger partial charge in [0, 0.05) is 29.3 Å². The second-order valence-electron chi connectivity index (χ2n) is 11.1. The number of oxime groups is 1. The van der Waals surface area contributed by atoms with Gasteiger partial charge in [-0.2, -0.15) is 4.57 Å². The Hall–Kier alpha value is -4.77. The highest BCUT2D eigenvalue weighted by molar-refractivity contribution is 8.00. The number of anilines is 2. The van der Waals surface area contributed by atoms with E-state index in [0.29, 0.717) is 29.8 Å². The molecule has 2 aromatic rings. The number of β-lactam (4-membered cyclic amide) rings is 1. The van der Waals surface area contributed by atoms with Gasteiger partial charge in [0.2, 0.25) is 6.54 Å². The highest BCUT2D eigenvalue weighted by Gasteiger charge is 2.54. The minimum Gasteiger partial charge on any atom is -0.477 e. The molecule has 1 aliphatic carbocycles. The van der Waals surface area contributed by atoms with Crippen molar-refractivity contribution in [1.82, 2.24) is 15.2 Å². The minimum absolute atomic E-state index is 0.0427. The predicted octanol–water partition coefficient (Wildman–Crippen LogP) is 0.263. The molecule has 4 aliphatic rings. The zero-order chi connectivity index (χ0) is 32.5. The van der Waals surface area contributed by atoms with Crippen molar-refractivity contribution in [2.45, 2.75) is 56.2 Å². The molecule has 0 aromatic carbocycles. The van der Waals surface area contributed by atoms with E-state index in [1.807, 2.05) is 0 Å². The molecule has 2 saturated heterocycles. The lowest BCUT2D eigenvalue weighted by Gasteiger charge is -2.49. The molecule has 0 unspecified atom stereocenters. The molecule has 0 radical (unpaired) electrons. The van der Waals surface area contributed by atoms with Crippen LogP contribution < -0.4 is 26.3 Å². The normalized spacial score (nSPS) is 22.7. The molecule has 1 saturated carbocycles. The molecule has 240 valence electrons. The molecule has 6 N–H and O–H groups in total. The number of nitrogens with one attached hydrogen (secondary N) is 1. The van der Waals surface area contributed by atoms with Crippen LogP contribution in [0.4, 0.5) is 10.8 Å². The van der Waals surface area contributed by atoms with E-state index in [-0.39, 0.29) is 46.5 Å². The standard InChI is InChI=1S/C29H30N8O7S2/c30-20(38)12-35-8-3-4-17(11-35)36-9-7-15(25(36)40)10-16-13-45-27-22(26(41)37(27)23(16)28(42)43)33-24(39)21(19-14-46-29(31)32-19)34-44-18-5-1-2-6-18/h3-4,8,10-11,14,18,22,27H,1-2,5-7,9,12-13H2,(H5-,30,31,32,33,38,39,42,43)/p+1/b15-10?,34-21-/t22-,27-/m1/s1. The minimum atomic E-state index is -1.32. The second-order valence-corrected chi connectivity index (χ2v) is 13.1. The first kappa shape index (κ1) is 31.2. The number of primary amides is 1. The monoisotopic (exact) mass is 667 g/mol. The number of aliphatic carboxylic acids is 1. The number of hydrogen-bond acceptors (Lipinski definition) is 11. The number of nitrogens with two attached hydrogens (primary N) is 2. The van der Waals surface area contributed by atoms with Gasteiger partial charge in [-0.15, -0.1) is 23.1 Å². The number of carbonyl (C=O) groups excluding carboxylic acids is 4. The van der Waals surface area contributed by atoms with Gasteiger partial charge >= 0.3 is 5.97 Å². The number of nitrogen functional groups attached to an aromatic ring is 1. The average Bonchev–Trinajstić information content (AvgIpc) is 3.78. The van der Waals surface area contributed by atoms with Crippen LogP contribution in [0.25, 0.3) is 0 Å². The molecular formula is C29H31N8O7S2+. The molecule has 2 atom stereocenters. The van der Waals surface area contributed by atoms with Gasteiger partial charge in [0.25, 0.3) is 23.6 Å². The molecule has 3 fully saturated rings. The van der Waals surface area contributed by atoms with Crippen molar-refractivity contribution < 1.29 is 38.5 Å². The quantitative estimate of drug-likeness (QED) is 0.0892. The second kappa shape index (κ2) is 12.9. The number of allylic oxidation sites excluding steroid dienone is 1. The predicted molar refractivity (Wildman–Crippen MR) is 167 cm³/mol. The number of thioether (sulfide) groups is 1. The van der Waals surface area contributed by atoms with E-state index < -0.39 is 35.1 Å². The van der Waals surface area contributed by atoms with Crippen molar-refractivity contribution in [3.63, 3.8) is 0 Å². The third-order valence-corrected chi connectivity index (χ3v) is 10.0. The first-order valence-corrected chi connectivity index (χ1v) is 16.5. The number of rotatable bonds is 10. The van der Waals surface area contributed by atoms with E-state index in [0.717, 1.165) is 41.9 Å². The summed E-state index contributed by atoms with van der Waals surface area (Å²) < 4.78 is 1.57. The van der Waals surface area contributed by atoms with Crippen molar-refractivity contribution in [3.05, 3.63) is 58.5 Å². The van der Waals surface area contributed by atoms with E-state index in [4.69, 9.17) is 16.3 Å². The maximum Gasteiger partial charge on any atom is 0.352 e. The maximum atomic E-state index is 13.4. The van der Waals surface area contributed by atoms with Gasteiger partial charge in [-0.3, -0.25) is 24.1 Å². The van der Waals surface area contributed by atoms with Crippen LogP contribution in [0.5, 0.6) is 0 Å². The van der Waals surface area contributed by atoms with Crippen molar-refractivity contribution in [2.24, 2.45) is 10.9 Å². The van der Waals surface area contributed by atoms with E-state index in [1.54, 1.807) is 34.5 Å². The Labute approximate surface area is 270 Å². The molecule has 15 nitrogen and oxygen atoms in total. The Morgan fingerprint density at radius 2 is 2.04 bits per heavy atom. The van der Waals surface area contributed by atoms with Crippen LogP contribution in [-0.4, -0.2) is 80.1 Å². The van der Waals surface area contributed by atoms with E-state index in [1.165, 1.54) is 22.7 Å². The summed E-state index contributed by atoms with van der Waals surface area (Å²) in [4.78, 5) is 76.2. The molecule has 0 bridgehead atoms. The smallest absolute Gasteiger partial charge is 0.352 e. The van der Waals surface area contributed by atoms with Crippen LogP contribution in [0.15, 0.2) is 58.0 Å². The summed E-state index contributed by atoms with van der Waals surface area (Å²) in [6.07, 6.45) is 8.73. The van der Waals surface area contributed by atoms with Crippen molar-refractivity contribution >= 4 is 69.2 Å². The zero-order valence-corrected chi connectivity index (χ0v) is 26.1. The number of carboxylic acid groups (broad SMARTS) is 1. The summed E-state index contributed by atoms with van der Waals surface area (Å²) in [6.45, 7) is 0.311. The lowest BCUT2D eigenvalue weighted by atomic mass is 10.0. The van der Waals surface area contributed by atoms with E-state index in [2.05, 4.69) is 15.5 Å². The summed E-state index contributed by atoms with van der Waals surface area (Å²) in [5.74, 6) is -3.25. The van der Waals surface area contributed by atoms with E-state index >= 15 is 0 Å². The number of hydrogen-bond donors (Lipinski definition) is 4. The molecule has 5 heterocycles. The number of fused-ring (bicyclic) bond motifs is 1. The summed E-state index contributed by atoms with van der Waals surface area (Å²) >= 11 is 2.41. The number of amides is 4. The van der Waals surface area contributed by atoms with Gasteiger partial charge in [0.15, 0.2) is 23.2 Å². The Balaban J connectivity index is 1.18. The third kappa shape index (κ3) is 6.19. The van der Waals surface area contributed by atoms with Gasteiger partial charge in [-0.25, -0.2) is 9.78 Å².